The third-order valence-electron chi connectivity index (χ3n) is 3.16. The van der Waals surface area contributed by atoms with Gasteiger partial charge in [0, 0.05) is 6.20 Å². The van der Waals surface area contributed by atoms with Crippen molar-refractivity contribution in [3.05, 3.63) is 58.9 Å². The van der Waals surface area contributed by atoms with Gasteiger partial charge in [-0.1, -0.05) is 29.8 Å². The smallest absolute Gasteiger partial charge is 0.0691 e. The van der Waals surface area contributed by atoms with Crippen LogP contribution in [0, 0.1) is 0 Å². The average Bonchev–Trinajstić information content (AvgIpc) is 2.76. The Hall–Kier alpha value is -1.54. The lowest BCUT2D eigenvalue weighted by molar-refractivity contribution is 0.746. The van der Waals surface area contributed by atoms with Crippen LogP contribution < -0.4 is 5.32 Å². The Labute approximate surface area is 106 Å². The molecule has 0 fully saturated rings. The summed E-state index contributed by atoms with van der Waals surface area (Å²) >= 11 is 6.15. The number of halogens is 1. The fourth-order valence-corrected chi connectivity index (χ4v) is 2.51. The lowest BCUT2D eigenvalue weighted by Gasteiger charge is -2.15. The van der Waals surface area contributed by atoms with E-state index in [0.29, 0.717) is 0 Å². The number of para-hydroxylation sites is 1. The van der Waals surface area contributed by atoms with Crippen LogP contribution >= 0.6 is 11.6 Å². The minimum Gasteiger partial charge on any atom is -0.375 e. The number of hydrogen-bond acceptors (Lipinski definition) is 2. The van der Waals surface area contributed by atoms with Crippen LogP contribution in [0.5, 0.6) is 0 Å². The molecule has 1 N–H and O–H groups in total. The van der Waals surface area contributed by atoms with Gasteiger partial charge in [0.15, 0.2) is 0 Å². The number of aryl methyl sites for hydroxylation is 1. The highest BCUT2D eigenvalue weighted by atomic mass is 35.5. The molecule has 0 amide bonds. The summed E-state index contributed by atoms with van der Waals surface area (Å²) in [6, 6.07) is 12.3. The van der Waals surface area contributed by atoms with E-state index >= 15 is 0 Å². The second-order valence-electron chi connectivity index (χ2n) is 4.26. The van der Waals surface area contributed by atoms with Crippen LogP contribution in [-0.2, 0) is 6.42 Å². The van der Waals surface area contributed by atoms with Crippen LogP contribution in [0.15, 0.2) is 42.6 Å². The third kappa shape index (κ3) is 2.01. The molecular formula is C14H13ClN2. The van der Waals surface area contributed by atoms with Gasteiger partial charge in [-0.3, -0.25) is 4.98 Å². The molecule has 1 atom stereocenters. The van der Waals surface area contributed by atoms with Gasteiger partial charge < -0.3 is 5.32 Å². The predicted octanol–water partition coefficient (Wildman–Crippen LogP) is 3.83. The summed E-state index contributed by atoms with van der Waals surface area (Å²) in [6.07, 6.45) is 4.02. The number of hydrogen-bond donors (Lipinski definition) is 1. The predicted molar refractivity (Wildman–Crippen MR) is 70.4 cm³/mol. The maximum atomic E-state index is 6.15. The van der Waals surface area contributed by atoms with E-state index in [2.05, 4.69) is 16.4 Å². The van der Waals surface area contributed by atoms with Gasteiger partial charge in [-0.15, -0.1) is 0 Å². The standard InChI is InChI=1S/C14H13ClN2/c15-11-5-1-2-6-12(11)17-13-8-7-10-4-3-9-16-14(10)13/h1-6,9,13,17H,7-8H2. The van der Waals surface area contributed by atoms with Gasteiger partial charge in [0.2, 0.25) is 0 Å². The summed E-state index contributed by atoms with van der Waals surface area (Å²) in [4.78, 5) is 4.46. The van der Waals surface area contributed by atoms with E-state index < -0.39 is 0 Å². The van der Waals surface area contributed by atoms with Crippen molar-refractivity contribution >= 4 is 17.3 Å². The quantitative estimate of drug-likeness (QED) is 0.868. The first-order valence-corrected chi connectivity index (χ1v) is 6.17. The van der Waals surface area contributed by atoms with Crippen molar-refractivity contribution in [3.8, 4) is 0 Å². The first-order chi connectivity index (χ1) is 8.34. The maximum absolute atomic E-state index is 6.15. The maximum Gasteiger partial charge on any atom is 0.0691 e. The fourth-order valence-electron chi connectivity index (χ4n) is 2.32. The van der Waals surface area contributed by atoms with E-state index in [0.717, 1.165) is 29.2 Å². The lowest BCUT2D eigenvalue weighted by Crippen LogP contribution is -2.08. The molecule has 0 saturated carbocycles. The molecule has 0 saturated heterocycles. The van der Waals surface area contributed by atoms with Crippen LogP contribution in [0.2, 0.25) is 5.02 Å². The normalized spacial score (nSPS) is 17.8. The van der Waals surface area contributed by atoms with Crippen molar-refractivity contribution in [2.75, 3.05) is 5.32 Å². The molecule has 2 aromatic rings. The van der Waals surface area contributed by atoms with Gasteiger partial charge in [0.25, 0.3) is 0 Å². The van der Waals surface area contributed by atoms with E-state index in [1.54, 1.807) is 0 Å². The number of nitrogens with zero attached hydrogens (tertiary/aromatic N) is 1. The molecule has 1 heterocycles. The molecule has 0 aliphatic heterocycles. The number of nitrogens with one attached hydrogen (secondary N) is 1. The minimum atomic E-state index is 0.283. The number of fused-ring (bicyclic) bond motifs is 1. The number of anilines is 1. The molecular weight excluding hydrogens is 232 g/mol. The summed E-state index contributed by atoms with van der Waals surface area (Å²) in [7, 11) is 0. The Morgan fingerprint density at radius 2 is 2.06 bits per heavy atom. The summed E-state index contributed by atoms with van der Waals surface area (Å²) in [5, 5.41) is 4.23. The van der Waals surface area contributed by atoms with Crippen LogP contribution in [0.25, 0.3) is 0 Å². The zero-order valence-electron chi connectivity index (χ0n) is 9.36. The van der Waals surface area contributed by atoms with E-state index in [-0.39, 0.29) is 6.04 Å². The van der Waals surface area contributed by atoms with Crippen molar-refractivity contribution < 1.29 is 0 Å². The molecule has 2 nitrogen and oxygen atoms in total. The first kappa shape index (κ1) is 10.6. The SMILES string of the molecule is Clc1ccccc1NC1CCc2cccnc21. The van der Waals surface area contributed by atoms with Crippen LogP contribution in [0.4, 0.5) is 5.69 Å². The summed E-state index contributed by atoms with van der Waals surface area (Å²) < 4.78 is 0. The van der Waals surface area contributed by atoms with Crippen molar-refractivity contribution in [1.82, 2.24) is 4.98 Å². The highest BCUT2D eigenvalue weighted by Gasteiger charge is 2.23. The van der Waals surface area contributed by atoms with Gasteiger partial charge >= 0.3 is 0 Å². The number of aromatic nitrogens is 1. The van der Waals surface area contributed by atoms with Crippen LogP contribution in [0.3, 0.4) is 0 Å². The van der Waals surface area contributed by atoms with Gasteiger partial charge in [0.1, 0.15) is 0 Å². The van der Waals surface area contributed by atoms with Crippen molar-refractivity contribution in [1.29, 1.82) is 0 Å². The molecule has 0 bridgehead atoms. The highest BCUT2D eigenvalue weighted by molar-refractivity contribution is 6.33. The van der Waals surface area contributed by atoms with E-state index in [1.165, 1.54) is 5.56 Å². The monoisotopic (exact) mass is 244 g/mol. The third-order valence-corrected chi connectivity index (χ3v) is 3.49. The molecule has 17 heavy (non-hydrogen) atoms. The second kappa shape index (κ2) is 4.38. The average molecular weight is 245 g/mol. The molecule has 1 unspecified atom stereocenters. The first-order valence-electron chi connectivity index (χ1n) is 5.79. The minimum absolute atomic E-state index is 0.283. The van der Waals surface area contributed by atoms with Crippen LogP contribution in [0.1, 0.15) is 23.7 Å². The van der Waals surface area contributed by atoms with Gasteiger partial charge in [-0.25, -0.2) is 0 Å². The lowest BCUT2D eigenvalue weighted by atomic mass is 10.2. The number of benzene rings is 1. The Morgan fingerprint density at radius 3 is 2.94 bits per heavy atom. The molecule has 1 aromatic carbocycles. The molecule has 3 rings (SSSR count). The van der Waals surface area contributed by atoms with Crippen molar-refractivity contribution in [3.63, 3.8) is 0 Å². The topological polar surface area (TPSA) is 24.9 Å². The Balaban J connectivity index is 1.87. The molecule has 1 aliphatic carbocycles. The molecule has 0 radical (unpaired) electrons. The van der Waals surface area contributed by atoms with Gasteiger partial charge in [-0.05, 0) is 36.6 Å². The molecule has 0 spiro atoms. The zero-order chi connectivity index (χ0) is 11.7. The zero-order valence-corrected chi connectivity index (χ0v) is 10.1. The molecule has 1 aliphatic rings. The second-order valence-corrected chi connectivity index (χ2v) is 4.67. The van der Waals surface area contributed by atoms with E-state index in [4.69, 9.17) is 11.6 Å². The highest BCUT2D eigenvalue weighted by Crippen LogP contribution is 2.33. The Kier molecular flexibility index (Phi) is 2.73. The van der Waals surface area contributed by atoms with Crippen molar-refractivity contribution in [2.45, 2.75) is 18.9 Å². The largest absolute Gasteiger partial charge is 0.375 e. The van der Waals surface area contributed by atoms with E-state index in [9.17, 15) is 0 Å². The van der Waals surface area contributed by atoms with Crippen molar-refractivity contribution in [2.24, 2.45) is 0 Å². The van der Waals surface area contributed by atoms with E-state index in [1.807, 2.05) is 36.5 Å². The summed E-state index contributed by atoms with van der Waals surface area (Å²) in [5.41, 5.74) is 3.49. The fraction of sp³-hybridized carbons (Fsp3) is 0.214. The Bertz CT molecular complexity index is 539. The molecule has 3 heteroatoms. The number of pyridine rings is 1. The number of rotatable bonds is 2. The summed E-state index contributed by atoms with van der Waals surface area (Å²) in [6.45, 7) is 0. The molecule has 86 valence electrons. The van der Waals surface area contributed by atoms with Gasteiger partial charge in [-0.2, -0.15) is 0 Å². The summed E-state index contributed by atoms with van der Waals surface area (Å²) in [5.74, 6) is 0. The Morgan fingerprint density at radius 1 is 1.18 bits per heavy atom. The van der Waals surface area contributed by atoms with Crippen LogP contribution in [-0.4, -0.2) is 4.98 Å². The van der Waals surface area contributed by atoms with Gasteiger partial charge in [0.05, 0.1) is 22.4 Å². The molecule has 1 aromatic heterocycles.